The summed E-state index contributed by atoms with van der Waals surface area (Å²) in [6.07, 6.45) is 1.20. The zero-order chi connectivity index (χ0) is 16.2. The van der Waals surface area contributed by atoms with E-state index in [1.807, 2.05) is 0 Å². The second-order valence-corrected chi connectivity index (χ2v) is 4.95. The second-order valence-electron chi connectivity index (χ2n) is 3.90. The predicted molar refractivity (Wildman–Crippen MR) is 74.4 cm³/mol. The Kier molecular flexibility index (Phi) is 11.5. The van der Waals surface area contributed by atoms with E-state index in [0.29, 0.717) is 6.73 Å². The van der Waals surface area contributed by atoms with Gasteiger partial charge in [-0.1, -0.05) is 6.58 Å². The Labute approximate surface area is 121 Å². The first-order chi connectivity index (χ1) is 9.20. The molecule has 0 aromatic heterocycles. The fourth-order valence-corrected chi connectivity index (χ4v) is 1.64. The molecule has 8 heteroatoms. The van der Waals surface area contributed by atoms with Crippen LogP contribution < -0.4 is 0 Å². The van der Waals surface area contributed by atoms with Crippen LogP contribution in [0.15, 0.2) is 12.7 Å². The van der Waals surface area contributed by atoms with Gasteiger partial charge in [0.15, 0.2) is 0 Å². The molecule has 0 unspecified atom stereocenters. The van der Waals surface area contributed by atoms with Gasteiger partial charge in [-0.05, 0) is 27.7 Å². The molecule has 0 aromatic carbocycles. The van der Waals surface area contributed by atoms with Crippen LogP contribution in [0, 0.1) is 0 Å². The lowest BCUT2D eigenvalue weighted by Gasteiger charge is -2.34. The topological polar surface area (TPSA) is 92.7 Å². The molecule has 0 saturated heterocycles. The molecular formula is C12H25NO6S. The van der Waals surface area contributed by atoms with Gasteiger partial charge in [-0.2, -0.15) is 0 Å². The Morgan fingerprint density at radius 2 is 1.65 bits per heavy atom. The SMILES string of the molecule is C=CC(=O)OC[N+](CC)(CC)CC.CCOS(=O)(=O)[O-]. The van der Waals surface area contributed by atoms with E-state index in [4.69, 9.17) is 4.74 Å². The molecule has 0 rings (SSSR count). The molecule has 7 nitrogen and oxygen atoms in total. The van der Waals surface area contributed by atoms with E-state index in [9.17, 15) is 17.8 Å². The van der Waals surface area contributed by atoms with Crippen molar-refractivity contribution >= 4 is 16.4 Å². The molecule has 0 aliphatic heterocycles. The van der Waals surface area contributed by atoms with Crippen LogP contribution in [-0.4, -0.2) is 56.4 Å². The number of ether oxygens (including phenoxy) is 1. The van der Waals surface area contributed by atoms with Gasteiger partial charge in [0, 0.05) is 6.08 Å². The van der Waals surface area contributed by atoms with Crippen LogP contribution in [0.2, 0.25) is 0 Å². The Morgan fingerprint density at radius 1 is 1.20 bits per heavy atom. The van der Waals surface area contributed by atoms with Gasteiger partial charge >= 0.3 is 5.97 Å². The molecule has 0 saturated carbocycles. The van der Waals surface area contributed by atoms with Crippen molar-refractivity contribution in [2.45, 2.75) is 27.7 Å². The molecule has 0 heterocycles. The van der Waals surface area contributed by atoms with Crippen molar-refractivity contribution in [1.82, 2.24) is 0 Å². The molecule has 120 valence electrons. The van der Waals surface area contributed by atoms with E-state index in [1.165, 1.54) is 13.0 Å². The van der Waals surface area contributed by atoms with E-state index in [-0.39, 0.29) is 12.6 Å². The van der Waals surface area contributed by atoms with Crippen LogP contribution in [0.25, 0.3) is 0 Å². The Balaban J connectivity index is 0. The van der Waals surface area contributed by atoms with Crippen LogP contribution in [0.1, 0.15) is 27.7 Å². The van der Waals surface area contributed by atoms with Gasteiger partial charge in [-0.3, -0.25) is 8.67 Å². The van der Waals surface area contributed by atoms with Gasteiger partial charge in [-0.15, -0.1) is 0 Å². The van der Waals surface area contributed by atoms with Crippen LogP contribution in [0.3, 0.4) is 0 Å². The lowest BCUT2D eigenvalue weighted by molar-refractivity contribution is -0.938. The summed E-state index contributed by atoms with van der Waals surface area (Å²) in [5, 5.41) is 0. The summed E-state index contributed by atoms with van der Waals surface area (Å²) in [5.74, 6) is -0.335. The maximum Gasteiger partial charge on any atom is 0.334 e. The lowest BCUT2D eigenvalue weighted by atomic mass is 10.4. The van der Waals surface area contributed by atoms with Gasteiger partial charge < -0.3 is 9.29 Å². The first kappa shape index (κ1) is 21.3. The number of carbonyl (C=O) groups is 1. The normalized spacial score (nSPS) is 11.2. The lowest BCUT2D eigenvalue weighted by Crippen LogP contribution is -2.49. The summed E-state index contributed by atoms with van der Waals surface area (Å²) < 4.78 is 37.9. The maximum atomic E-state index is 10.9. The molecule has 0 radical (unpaired) electrons. The van der Waals surface area contributed by atoms with Crippen LogP contribution in [0.4, 0.5) is 0 Å². The molecule has 0 bridgehead atoms. The molecule has 0 atom stereocenters. The highest BCUT2D eigenvalue weighted by Gasteiger charge is 2.21. The third kappa shape index (κ3) is 10.9. The number of rotatable bonds is 8. The van der Waals surface area contributed by atoms with E-state index < -0.39 is 10.4 Å². The molecule has 0 N–H and O–H groups in total. The minimum atomic E-state index is -4.42. The molecule has 20 heavy (non-hydrogen) atoms. The summed E-state index contributed by atoms with van der Waals surface area (Å²) in [6.45, 7) is 14.4. The molecule has 0 fully saturated rings. The Morgan fingerprint density at radius 3 is 1.85 bits per heavy atom. The number of nitrogens with zero attached hydrogens (tertiary/aromatic N) is 1. The first-order valence-corrected chi connectivity index (χ1v) is 7.78. The van der Waals surface area contributed by atoms with Crippen molar-refractivity contribution < 1.29 is 31.2 Å². The van der Waals surface area contributed by atoms with Gasteiger partial charge in [0.2, 0.25) is 17.1 Å². The van der Waals surface area contributed by atoms with Crippen molar-refractivity contribution in [2.75, 3.05) is 33.0 Å². The largest absolute Gasteiger partial charge is 0.726 e. The van der Waals surface area contributed by atoms with E-state index in [2.05, 4.69) is 31.5 Å². The number of quaternary nitrogens is 1. The highest BCUT2D eigenvalue weighted by Crippen LogP contribution is 2.05. The molecule has 0 spiro atoms. The molecule has 0 aliphatic rings. The van der Waals surface area contributed by atoms with Crippen LogP contribution >= 0.6 is 0 Å². The summed E-state index contributed by atoms with van der Waals surface area (Å²) in [7, 11) is -4.42. The Hall–Kier alpha value is -0.960. The fraction of sp³-hybridized carbons (Fsp3) is 0.750. The van der Waals surface area contributed by atoms with Gasteiger partial charge in [-0.25, -0.2) is 13.2 Å². The molecule has 0 aliphatic carbocycles. The third-order valence-corrected chi connectivity index (χ3v) is 3.45. The first-order valence-electron chi connectivity index (χ1n) is 6.44. The van der Waals surface area contributed by atoms with E-state index in [0.717, 1.165) is 24.1 Å². The summed E-state index contributed by atoms with van der Waals surface area (Å²) >= 11 is 0. The predicted octanol–water partition coefficient (Wildman–Crippen LogP) is 1.03. The van der Waals surface area contributed by atoms with Crippen molar-refractivity contribution in [3.8, 4) is 0 Å². The zero-order valence-electron chi connectivity index (χ0n) is 12.6. The summed E-state index contributed by atoms with van der Waals surface area (Å²) in [5.41, 5.74) is 0. The van der Waals surface area contributed by atoms with Crippen LogP contribution in [-0.2, 0) is 24.1 Å². The third-order valence-electron chi connectivity index (χ3n) is 2.92. The maximum absolute atomic E-state index is 10.9. The number of hydrogen-bond donors (Lipinski definition) is 0. The minimum absolute atomic E-state index is 0.0914. The number of hydrogen-bond acceptors (Lipinski definition) is 6. The highest BCUT2D eigenvalue weighted by molar-refractivity contribution is 7.80. The van der Waals surface area contributed by atoms with E-state index >= 15 is 0 Å². The van der Waals surface area contributed by atoms with Crippen molar-refractivity contribution in [1.29, 1.82) is 0 Å². The van der Waals surface area contributed by atoms with Gasteiger partial charge in [0.25, 0.3) is 0 Å². The highest BCUT2D eigenvalue weighted by atomic mass is 32.3. The minimum Gasteiger partial charge on any atom is -0.726 e. The number of carbonyl (C=O) groups excluding carboxylic acids is 1. The Bertz CT molecular complexity index is 367. The average Bonchev–Trinajstić information content (AvgIpc) is 2.40. The zero-order valence-corrected chi connectivity index (χ0v) is 13.4. The van der Waals surface area contributed by atoms with E-state index in [1.54, 1.807) is 0 Å². The monoisotopic (exact) mass is 311 g/mol. The standard InChI is InChI=1S/C10H20NO2.C2H6O4S/c1-5-10(12)13-9-11(6-2,7-3)8-4;1-2-6-7(3,4)5/h5H,1,6-9H2,2-4H3;2H2,1H3,(H,3,4,5)/q+1;/p-1. The summed E-state index contributed by atoms with van der Waals surface area (Å²) in [6, 6.07) is 0. The smallest absolute Gasteiger partial charge is 0.334 e. The van der Waals surface area contributed by atoms with Crippen molar-refractivity contribution in [3.63, 3.8) is 0 Å². The van der Waals surface area contributed by atoms with Gasteiger partial charge in [0.05, 0.1) is 26.2 Å². The molecular weight excluding hydrogens is 286 g/mol. The van der Waals surface area contributed by atoms with Crippen molar-refractivity contribution in [3.05, 3.63) is 12.7 Å². The number of esters is 1. The average molecular weight is 311 g/mol. The van der Waals surface area contributed by atoms with Crippen LogP contribution in [0.5, 0.6) is 0 Å². The quantitative estimate of drug-likeness (QED) is 0.166. The molecule has 0 amide bonds. The van der Waals surface area contributed by atoms with Gasteiger partial charge in [0.1, 0.15) is 0 Å². The second kappa shape index (κ2) is 10.8. The fourth-order valence-electron chi connectivity index (χ4n) is 1.35. The summed E-state index contributed by atoms with van der Waals surface area (Å²) in [4.78, 5) is 10.9. The van der Waals surface area contributed by atoms with Crippen molar-refractivity contribution in [2.24, 2.45) is 0 Å². The molecule has 0 aromatic rings.